The van der Waals surface area contributed by atoms with Gasteiger partial charge >= 0.3 is 11.9 Å². The molecule has 106 valence electrons. The van der Waals surface area contributed by atoms with Crippen LogP contribution in [0.2, 0.25) is 0 Å². The number of carboxylic acids is 2. The molecule has 1 atom stereocenters. The Labute approximate surface area is 108 Å². The molecular weight excluding hydrogens is 280 g/mol. The summed E-state index contributed by atoms with van der Waals surface area (Å²) in [4.78, 5) is 21.0. The maximum Gasteiger partial charge on any atom is 0.322 e. The molecule has 0 saturated heterocycles. The number of carbonyl (C=O) groups is 2. The van der Waals surface area contributed by atoms with Crippen LogP contribution in [-0.4, -0.2) is 41.8 Å². The maximum absolute atomic E-state index is 12.0. The second kappa shape index (κ2) is 5.36. The molecule has 1 aromatic rings. The molecule has 3 N–H and O–H groups in total. The van der Waals surface area contributed by atoms with Crippen molar-refractivity contribution in [1.82, 2.24) is 9.88 Å². The Kier molecular flexibility index (Phi) is 4.27. The minimum atomic E-state index is -4.22. The molecule has 19 heavy (non-hydrogen) atoms. The number of nitrogens with one attached hydrogen (secondary N) is 1. The standard InChI is InChI=1S/C9H12N2O7S/c1-4-8(5(2)18-10-4)19(16,17)11-6(9(14)15)3-7(12)13/h6,11H,3H2,1-2H3,(H,12,13)(H,14,15). The van der Waals surface area contributed by atoms with Crippen LogP contribution in [0.4, 0.5) is 0 Å². The van der Waals surface area contributed by atoms with Gasteiger partial charge in [0, 0.05) is 0 Å². The maximum atomic E-state index is 12.0. The highest BCUT2D eigenvalue weighted by Gasteiger charge is 2.31. The van der Waals surface area contributed by atoms with Crippen LogP contribution in [0, 0.1) is 13.8 Å². The molecule has 0 spiro atoms. The average molecular weight is 292 g/mol. The third kappa shape index (κ3) is 3.51. The topological polar surface area (TPSA) is 147 Å². The number of hydrogen-bond acceptors (Lipinski definition) is 6. The van der Waals surface area contributed by atoms with Gasteiger partial charge in [0.2, 0.25) is 10.0 Å². The van der Waals surface area contributed by atoms with E-state index in [1.165, 1.54) is 13.8 Å². The molecule has 1 heterocycles. The van der Waals surface area contributed by atoms with Crippen molar-refractivity contribution in [2.75, 3.05) is 0 Å². The highest BCUT2D eigenvalue weighted by atomic mass is 32.2. The first-order valence-corrected chi connectivity index (χ1v) is 6.53. The van der Waals surface area contributed by atoms with Crippen LogP contribution in [0.5, 0.6) is 0 Å². The fraction of sp³-hybridized carbons (Fsp3) is 0.444. The van der Waals surface area contributed by atoms with Gasteiger partial charge < -0.3 is 14.7 Å². The lowest BCUT2D eigenvalue weighted by Gasteiger charge is -2.12. The summed E-state index contributed by atoms with van der Waals surface area (Å²) in [5, 5.41) is 20.8. The lowest BCUT2D eigenvalue weighted by atomic mass is 10.2. The van der Waals surface area contributed by atoms with Crippen molar-refractivity contribution < 1.29 is 32.7 Å². The van der Waals surface area contributed by atoms with E-state index in [0.717, 1.165) is 0 Å². The zero-order valence-corrected chi connectivity index (χ0v) is 10.9. The Hall–Kier alpha value is -1.94. The van der Waals surface area contributed by atoms with Gasteiger partial charge in [-0.2, -0.15) is 4.72 Å². The molecule has 0 bridgehead atoms. The summed E-state index contributed by atoms with van der Waals surface area (Å²) in [5.41, 5.74) is 0.0597. The number of aliphatic carboxylic acids is 2. The number of aryl methyl sites for hydroxylation is 2. The van der Waals surface area contributed by atoms with Gasteiger partial charge in [0.1, 0.15) is 16.6 Å². The average Bonchev–Trinajstić information content (AvgIpc) is 2.56. The predicted molar refractivity (Wildman–Crippen MR) is 60.0 cm³/mol. The van der Waals surface area contributed by atoms with Crippen LogP contribution in [0.25, 0.3) is 0 Å². The minimum Gasteiger partial charge on any atom is -0.481 e. The number of carboxylic acid groups (broad SMARTS) is 2. The number of nitrogens with zero attached hydrogens (tertiary/aromatic N) is 1. The van der Waals surface area contributed by atoms with E-state index in [4.69, 9.17) is 10.2 Å². The van der Waals surface area contributed by atoms with Gasteiger partial charge in [-0.15, -0.1) is 0 Å². The summed E-state index contributed by atoms with van der Waals surface area (Å²) in [6.07, 6.45) is -0.877. The van der Waals surface area contributed by atoms with Crippen molar-refractivity contribution in [1.29, 1.82) is 0 Å². The van der Waals surface area contributed by atoms with Gasteiger partial charge in [-0.05, 0) is 13.8 Å². The number of hydrogen-bond donors (Lipinski definition) is 3. The van der Waals surface area contributed by atoms with E-state index < -0.39 is 34.4 Å². The van der Waals surface area contributed by atoms with Gasteiger partial charge in [-0.25, -0.2) is 8.42 Å². The minimum absolute atomic E-state index is 0.00976. The summed E-state index contributed by atoms with van der Waals surface area (Å²) in [6, 6.07) is -1.77. The van der Waals surface area contributed by atoms with Gasteiger partial charge in [-0.3, -0.25) is 9.59 Å². The normalized spacial score (nSPS) is 13.2. The van der Waals surface area contributed by atoms with E-state index in [1.54, 1.807) is 4.72 Å². The van der Waals surface area contributed by atoms with Crippen LogP contribution in [0.15, 0.2) is 9.42 Å². The van der Waals surface area contributed by atoms with E-state index in [9.17, 15) is 18.0 Å². The van der Waals surface area contributed by atoms with Crippen molar-refractivity contribution in [3.63, 3.8) is 0 Å². The smallest absolute Gasteiger partial charge is 0.322 e. The Morgan fingerprint density at radius 1 is 1.37 bits per heavy atom. The van der Waals surface area contributed by atoms with Crippen LogP contribution >= 0.6 is 0 Å². The molecule has 0 radical (unpaired) electrons. The molecule has 1 unspecified atom stereocenters. The summed E-state index contributed by atoms with van der Waals surface area (Å²) in [6.45, 7) is 2.72. The van der Waals surface area contributed by atoms with Crippen LogP contribution in [-0.2, 0) is 19.6 Å². The monoisotopic (exact) mass is 292 g/mol. The van der Waals surface area contributed by atoms with Crippen molar-refractivity contribution in [2.24, 2.45) is 0 Å². The van der Waals surface area contributed by atoms with E-state index in [2.05, 4.69) is 9.68 Å². The Morgan fingerprint density at radius 3 is 2.32 bits per heavy atom. The second-order valence-corrected chi connectivity index (χ2v) is 5.41. The summed E-state index contributed by atoms with van der Waals surface area (Å²) >= 11 is 0. The molecule has 0 aliphatic rings. The van der Waals surface area contributed by atoms with Crippen LogP contribution in [0.3, 0.4) is 0 Å². The SMILES string of the molecule is Cc1noc(C)c1S(=O)(=O)NC(CC(=O)O)C(=O)O. The molecule has 1 aromatic heterocycles. The number of sulfonamides is 1. The lowest BCUT2D eigenvalue weighted by Crippen LogP contribution is -2.42. The Bertz CT molecular complexity index is 585. The van der Waals surface area contributed by atoms with Crippen molar-refractivity contribution in [3.05, 3.63) is 11.5 Å². The molecule has 0 aliphatic heterocycles. The Morgan fingerprint density at radius 2 is 1.95 bits per heavy atom. The van der Waals surface area contributed by atoms with Gasteiger partial charge in [0.25, 0.3) is 0 Å². The van der Waals surface area contributed by atoms with Crippen molar-refractivity contribution in [2.45, 2.75) is 31.2 Å². The molecule has 9 nitrogen and oxygen atoms in total. The first-order chi connectivity index (χ1) is 8.65. The van der Waals surface area contributed by atoms with Crippen LogP contribution in [0.1, 0.15) is 17.9 Å². The molecular formula is C9H12N2O7S. The molecule has 0 aliphatic carbocycles. The molecule has 10 heteroatoms. The summed E-state index contributed by atoms with van der Waals surface area (Å²) in [7, 11) is -4.22. The fourth-order valence-electron chi connectivity index (χ4n) is 1.46. The summed E-state index contributed by atoms with van der Waals surface area (Å²) in [5.74, 6) is -3.03. The molecule has 0 saturated carbocycles. The van der Waals surface area contributed by atoms with E-state index in [1.807, 2.05) is 0 Å². The van der Waals surface area contributed by atoms with Gasteiger partial charge in [0.05, 0.1) is 6.42 Å². The van der Waals surface area contributed by atoms with Crippen molar-refractivity contribution >= 4 is 22.0 Å². The van der Waals surface area contributed by atoms with E-state index in [-0.39, 0.29) is 16.3 Å². The zero-order valence-electron chi connectivity index (χ0n) is 10.1. The van der Waals surface area contributed by atoms with Gasteiger partial charge in [-0.1, -0.05) is 5.16 Å². The number of rotatable bonds is 6. The largest absolute Gasteiger partial charge is 0.481 e. The Balaban J connectivity index is 3.08. The predicted octanol–water partition coefficient (Wildman–Crippen LogP) is -0.502. The molecule has 0 aromatic carbocycles. The van der Waals surface area contributed by atoms with Crippen LogP contribution < -0.4 is 4.72 Å². The quantitative estimate of drug-likeness (QED) is 0.635. The third-order valence-electron chi connectivity index (χ3n) is 2.21. The molecule has 1 rings (SSSR count). The first-order valence-electron chi connectivity index (χ1n) is 5.05. The zero-order chi connectivity index (χ0) is 14.8. The van der Waals surface area contributed by atoms with E-state index >= 15 is 0 Å². The van der Waals surface area contributed by atoms with Crippen molar-refractivity contribution in [3.8, 4) is 0 Å². The lowest BCUT2D eigenvalue weighted by molar-refractivity contribution is -0.145. The third-order valence-corrected chi connectivity index (χ3v) is 3.93. The van der Waals surface area contributed by atoms with Gasteiger partial charge in [0.15, 0.2) is 5.76 Å². The highest BCUT2D eigenvalue weighted by Crippen LogP contribution is 2.19. The first kappa shape index (κ1) is 15.1. The number of aromatic nitrogens is 1. The summed E-state index contributed by atoms with van der Waals surface area (Å²) < 4.78 is 30.4. The second-order valence-electron chi connectivity index (χ2n) is 3.76. The fourth-order valence-corrected chi connectivity index (χ4v) is 2.98. The van der Waals surface area contributed by atoms with E-state index in [0.29, 0.717) is 0 Å². The molecule has 0 amide bonds. The highest BCUT2D eigenvalue weighted by molar-refractivity contribution is 7.89. The molecule has 0 fully saturated rings.